The van der Waals surface area contributed by atoms with Gasteiger partial charge in [0.05, 0.1) is 6.07 Å². The van der Waals surface area contributed by atoms with Crippen molar-refractivity contribution in [2.45, 2.75) is 45.4 Å². The highest BCUT2D eigenvalue weighted by Gasteiger charge is 2.27. The lowest BCUT2D eigenvalue weighted by Gasteiger charge is -2.33. The van der Waals surface area contributed by atoms with Gasteiger partial charge in [0.25, 0.3) is 0 Å². The van der Waals surface area contributed by atoms with Crippen LogP contribution in [0, 0.1) is 11.3 Å². The maximum Gasteiger partial charge on any atom is 0.412 e. The Bertz CT molecular complexity index is 864. The van der Waals surface area contributed by atoms with Crippen LogP contribution in [0.15, 0.2) is 48.5 Å². The Morgan fingerprint density at radius 3 is 2.67 bits per heavy atom. The third-order valence-corrected chi connectivity index (χ3v) is 4.53. The van der Waals surface area contributed by atoms with Crippen LogP contribution in [0.2, 0.25) is 0 Å². The fourth-order valence-corrected chi connectivity index (χ4v) is 3.35. The molecule has 0 aliphatic carbocycles. The van der Waals surface area contributed by atoms with Gasteiger partial charge in [-0.25, -0.2) is 4.79 Å². The minimum atomic E-state index is -0.554. The molecule has 1 aliphatic rings. The predicted molar refractivity (Wildman–Crippen MR) is 105 cm³/mol. The topological polar surface area (TPSA) is 65.4 Å². The summed E-state index contributed by atoms with van der Waals surface area (Å²) in [4.78, 5) is 14.3. The van der Waals surface area contributed by atoms with E-state index in [9.17, 15) is 10.1 Å². The van der Waals surface area contributed by atoms with Gasteiger partial charge in [0.15, 0.2) is 0 Å². The Labute approximate surface area is 160 Å². The molecular weight excluding hydrogens is 338 g/mol. The number of ether oxygens (including phenoxy) is 1. The third kappa shape index (κ3) is 4.66. The number of para-hydroxylation sites is 1. The quantitative estimate of drug-likeness (QED) is 0.861. The zero-order chi connectivity index (χ0) is 19.4. The van der Waals surface area contributed by atoms with Crippen molar-refractivity contribution in [1.82, 2.24) is 4.90 Å². The number of nitrogens with one attached hydrogen (secondary N) is 1. The molecular formula is C22H25N3O2. The number of nitrogens with zero attached hydrogens (tertiary/aromatic N) is 2. The molecule has 140 valence electrons. The smallest absolute Gasteiger partial charge is 0.412 e. The standard InChI is InChI=1S/C22H25N3O2/c1-22(2,3)27-21(26)24-19-11-7-5-9-17(19)15-25-13-12-16-8-4-6-10-18(16)20(25)14-23/h4-11,20H,12-13,15H2,1-3H3,(H,24,26). The molecule has 5 nitrogen and oxygen atoms in total. The van der Waals surface area contributed by atoms with E-state index in [1.165, 1.54) is 5.56 Å². The molecule has 0 saturated carbocycles. The van der Waals surface area contributed by atoms with Crippen LogP contribution in [0.4, 0.5) is 10.5 Å². The highest BCUT2D eigenvalue weighted by molar-refractivity contribution is 5.85. The molecule has 0 radical (unpaired) electrons. The van der Waals surface area contributed by atoms with Gasteiger partial charge in [0, 0.05) is 18.8 Å². The van der Waals surface area contributed by atoms with Gasteiger partial charge in [-0.15, -0.1) is 0 Å². The first kappa shape index (κ1) is 18.9. The van der Waals surface area contributed by atoms with Gasteiger partial charge in [-0.2, -0.15) is 5.26 Å². The van der Waals surface area contributed by atoms with Gasteiger partial charge >= 0.3 is 6.09 Å². The number of carbonyl (C=O) groups excluding carboxylic acids is 1. The van der Waals surface area contributed by atoms with Gasteiger partial charge in [-0.1, -0.05) is 42.5 Å². The summed E-state index contributed by atoms with van der Waals surface area (Å²) in [5.41, 5.74) is 3.43. The fourth-order valence-electron chi connectivity index (χ4n) is 3.35. The van der Waals surface area contributed by atoms with Gasteiger partial charge in [-0.3, -0.25) is 10.2 Å². The number of amides is 1. The second-order valence-electron chi connectivity index (χ2n) is 7.73. The summed E-state index contributed by atoms with van der Waals surface area (Å²) < 4.78 is 5.36. The maximum atomic E-state index is 12.2. The number of nitriles is 1. The summed E-state index contributed by atoms with van der Waals surface area (Å²) in [6.45, 7) is 6.89. The molecule has 1 atom stereocenters. The van der Waals surface area contributed by atoms with E-state index in [4.69, 9.17) is 4.74 Å². The summed E-state index contributed by atoms with van der Waals surface area (Å²) in [6.07, 6.45) is 0.437. The highest BCUT2D eigenvalue weighted by Crippen LogP contribution is 2.31. The zero-order valence-electron chi connectivity index (χ0n) is 16.0. The SMILES string of the molecule is CC(C)(C)OC(=O)Nc1ccccc1CN1CCc2ccccc2C1C#N. The number of benzene rings is 2. The van der Waals surface area contributed by atoms with Crippen molar-refractivity contribution in [1.29, 1.82) is 5.26 Å². The van der Waals surface area contributed by atoms with E-state index in [0.717, 1.165) is 24.1 Å². The molecule has 1 unspecified atom stereocenters. The molecule has 1 amide bonds. The van der Waals surface area contributed by atoms with E-state index in [1.54, 1.807) is 0 Å². The van der Waals surface area contributed by atoms with E-state index >= 15 is 0 Å². The Hall–Kier alpha value is -2.84. The van der Waals surface area contributed by atoms with Crippen LogP contribution >= 0.6 is 0 Å². The molecule has 0 spiro atoms. The molecule has 0 saturated heterocycles. The average Bonchev–Trinajstić information content (AvgIpc) is 2.61. The monoisotopic (exact) mass is 363 g/mol. The second-order valence-corrected chi connectivity index (χ2v) is 7.73. The van der Waals surface area contributed by atoms with Crippen molar-refractivity contribution >= 4 is 11.8 Å². The lowest BCUT2D eigenvalue weighted by Crippen LogP contribution is -2.34. The molecule has 5 heteroatoms. The first-order valence-corrected chi connectivity index (χ1v) is 9.17. The molecule has 2 aromatic rings. The highest BCUT2D eigenvalue weighted by atomic mass is 16.6. The average molecular weight is 363 g/mol. The first-order valence-electron chi connectivity index (χ1n) is 9.17. The van der Waals surface area contributed by atoms with Crippen LogP contribution in [0.25, 0.3) is 0 Å². The van der Waals surface area contributed by atoms with Crippen molar-refractivity contribution < 1.29 is 9.53 Å². The minimum Gasteiger partial charge on any atom is -0.444 e. The van der Waals surface area contributed by atoms with Crippen molar-refractivity contribution in [2.24, 2.45) is 0 Å². The van der Waals surface area contributed by atoms with E-state index in [2.05, 4.69) is 22.4 Å². The first-order chi connectivity index (χ1) is 12.9. The van der Waals surface area contributed by atoms with Crippen LogP contribution in [0.5, 0.6) is 0 Å². The van der Waals surface area contributed by atoms with E-state index < -0.39 is 11.7 Å². The Morgan fingerprint density at radius 2 is 1.93 bits per heavy atom. The number of carbonyl (C=O) groups is 1. The van der Waals surface area contributed by atoms with Crippen molar-refractivity contribution in [2.75, 3.05) is 11.9 Å². The minimum absolute atomic E-state index is 0.287. The van der Waals surface area contributed by atoms with Crippen molar-refractivity contribution in [3.05, 3.63) is 65.2 Å². The lowest BCUT2D eigenvalue weighted by atomic mass is 9.93. The summed E-state index contributed by atoms with van der Waals surface area (Å²) >= 11 is 0. The van der Waals surface area contributed by atoms with E-state index in [0.29, 0.717) is 12.2 Å². The molecule has 1 heterocycles. The van der Waals surface area contributed by atoms with Crippen LogP contribution in [0.1, 0.15) is 43.5 Å². The van der Waals surface area contributed by atoms with Gasteiger partial charge in [-0.05, 0) is 49.9 Å². The van der Waals surface area contributed by atoms with E-state index in [1.807, 2.05) is 63.2 Å². The van der Waals surface area contributed by atoms with Crippen LogP contribution in [-0.2, 0) is 17.7 Å². The molecule has 27 heavy (non-hydrogen) atoms. The van der Waals surface area contributed by atoms with Gasteiger partial charge < -0.3 is 4.74 Å². The lowest BCUT2D eigenvalue weighted by molar-refractivity contribution is 0.0635. The molecule has 0 fully saturated rings. The Morgan fingerprint density at radius 1 is 1.22 bits per heavy atom. The number of rotatable bonds is 3. The number of hydrogen-bond acceptors (Lipinski definition) is 4. The summed E-state index contributed by atoms with van der Waals surface area (Å²) in [5.74, 6) is 0. The number of hydrogen-bond donors (Lipinski definition) is 1. The van der Waals surface area contributed by atoms with E-state index in [-0.39, 0.29) is 6.04 Å². The fraction of sp³-hybridized carbons (Fsp3) is 0.364. The van der Waals surface area contributed by atoms with Gasteiger partial charge in [0.1, 0.15) is 11.6 Å². The van der Waals surface area contributed by atoms with Crippen molar-refractivity contribution in [3.8, 4) is 6.07 Å². The molecule has 3 rings (SSSR count). The predicted octanol–water partition coefficient (Wildman–Crippen LogP) is 4.66. The summed E-state index contributed by atoms with van der Waals surface area (Å²) in [6, 6.07) is 17.9. The summed E-state index contributed by atoms with van der Waals surface area (Å²) in [5, 5.41) is 12.6. The zero-order valence-corrected chi connectivity index (χ0v) is 16.0. The van der Waals surface area contributed by atoms with Crippen LogP contribution < -0.4 is 5.32 Å². The Kier molecular flexibility index (Phi) is 5.48. The summed E-state index contributed by atoms with van der Waals surface area (Å²) in [7, 11) is 0. The van der Waals surface area contributed by atoms with Crippen molar-refractivity contribution in [3.63, 3.8) is 0 Å². The normalized spacial score (nSPS) is 16.9. The van der Waals surface area contributed by atoms with Gasteiger partial charge in [0.2, 0.25) is 0 Å². The number of anilines is 1. The Balaban J connectivity index is 1.79. The maximum absolute atomic E-state index is 12.2. The van der Waals surface area contributed by atoms with Crippen LogP contribution in [0.3, 0.4) is 0 Å². The molecule has 0 bridgehead atoms. The molecule has 1 aliphatic heterocycles. The molecule has 1 N–H and O–H groups in total. The van der Waals surface area contributed by atoms with Crippen LogP contribution in [-0.4, -0.2) is 23.1 Å². The second kappa shape index (κ2) is 7.81. The molecule has 2 aromatic carbocycles. The molecule has 0 aromatic heterocycles. The largest absolute Gasteiger partial charge is 0.444 e. The number of fused-ring (bicyclic) bond motifs is 1. The third-order valence-electron chi connectivity index (χ3n) is 4.53.